The number of fused-ring (bicyclic) bond motifs is 1. The van der Waals surface area contributed by atoms with Gasteiger partial charge in [0.05, 0.1) is 5.52 Å². The molecule has 2 aromatic rings. The van der Waals surface area contributed by atoms with E-state index in [4.69, 9.17) is 5.73 Å². The number of allylic oxidation sites excluding steroid dienone is 2. The minimum absolute atomic E-state index is 0.578. The van der Waals surface area contributed by atoms with Crippen LogP contribution in [0.15, 0.2) is 30.6 Å². The van der Waals surface area contributed by atoms with Gasteiger partial charge in [0.2, 0.25) is 0 Å². The predicted molar refractivity (Wildman–Crippen MR) is 74.9 cm³/mol. The highest BCUT2D eigenvalue weighted by Crippen LogP contribution is 2.34. The Hall–Kier alpha value is -1.90. The molecule has 1 atom stereocenters. The summed E-state index contributed by atoms with van der Waals surface area (Å²) in [4.78, 5) is 8.42. The molecule has 0 saturated heterocycles. The Morgan fingerprint density at radius 2 is 2.17 bits per heavy atom. The van der Waals surface area contributed by atoms with E-state index in [1.165, 1.54) is 30.3 Å². The molecular weight excluding hydrogens is 222 g/mol. The van der Waals surface area contributed by atoms with Gasteiger partial charge in [-0.05, 0) is 42.4 Å². The number of nitrogens with zero attached hydrogens (tertiary/aromatic N) is 2. The molecule has 92 valence electrons. The normalized spacial score (nSPS) is 19.8. The molecule has 1 aliphatic rings. The summed E-state index contributed by atoms with van der Waals surface area (Å²) in [6.45, 7) is 2.27. The van der Waals surface area contributed by atoms with E-state index in [1.807, 2.05) is 12.1 Å². The van der Waals surface area contributed by atoms with Crippen LogP contribution in [-0.2, 0) is 0 Å². The van der Waals surface area contributed by atoms with E-state index in [0.717, 1.165) is 17.3 Å². The number of benzene rings is 1. The second-order valence-corrected chi connectivity index (χ2v) is 5.02. The molecule has 1 heterocycles. The number of rotatable bonds is 1. The molecule has 0 aliphatic heterocycles. The van der Waals surface area contributed by atoms with Gasteiger partial charge in [-0.2, -0.15) is 0 Å². The molecule has 0 spiro atoms. The van der Waals surface area contributed by atoms with Crippen molar-refractivity contribution in [1.82, 2.24) is 9.97 Å². The van der Waals surface area contributed by atoms with Crippen LogP contribution >= 0.6 is 0 Å². The number of nitrogens with two attached hydrogens (primary N) is 1. The molecule has 18 heavy (non-hydrogen) atoms. The molecule has 1 aliphatic carbocycles. The summed E-state index contributed by atoms with van der Waals surface area (Å²) >= 11 is 0. The Labute approximate surface area is 107 Å². The van der Waals surface area contributed by atoms with Crippen molar-refractivity contribution in [3.63, 3.8) is 0 Å². The van der Waals surface area contributed by atoms with Crippen molar-refractivity contribution in [3.05, 3.63) is 36.2 Å². The third kappa shape index (κ3) is 1.86. The molecule has 0 radical (unpaired) electrons. The highest BCUT2D eigenvalue weighted by atomic mass is 14.9. The molecule has 3 rings (SSSR count). The van der Waals surface area contributed by atoms with E-state index in [9.17, 15) is 0 Å². The van der Waals surface area contributed by atoms with Crippen LogP contribution in [0.25, 0.3) is 16.5 Å². The standard InChI is InChI=1S/C15H17N3/c1-10-4-2-5-11(8-10)12-6-3-7-13-14(12)15(16)18-9-17-13/h3,6-10H,2,4-5H2,1H3,(H2,16,17,18). The van der Waals surface area contributed by atoms with Gasteiger partial charge in [0.25, 0.3) is 0 Å². The minimum Gasteiger partial charge on any atom is -0.383 e. The van der Waals surface area contributed by atoms with E-state index in [2.05, 4.69) is 29.0 Å². The van der Waals surface area contributed by atoms with Crippen molar-refractivity contribution in [2.24, 2.45) is 5.92 Å². The van der Waals surface area contributed by atoms with Crippen LogP contribution in [0, 0.1) is 5.92 Å². The van der Waals surface area contributed by atoms with Gasteiger partial charge in [-0.1, -0.05) is 25.1 Å². The molecule has 1 unspecified atom stereocenters. The lowest BCUT2D eigenvalue weighted by atomic mass is 9.87. The average molecular weight is 239 g/mol. The predicted octanol–water partition coefficient (Wildman–Crippen LogP) is 3.42. The topological polar surface area (TPSA) is 51.8 Å². The quantitative estimate of drug-likeness (QED) is 0.829. The van der Waals surface area contributed by atoms with Crippen molar-refractivity contribution >= 4 is 22.3 Å². The number of nitrogen functional groups attached to an aromatic ring is 1. The van der Waals surface area contributed by atoms with E-state index < -0.39 is 0 Å². The van der Waals surface area contributed by atoms with Gasteiger partial charge in [0.1, 0.15) is 12.1 Å². The fraction of sp³-hybridized carbons (Fsp3) is 0.333. The first-order chi connectivity index (χ1) is 8.75. The fourth-order valence-electron chi connectivity index (χ4n) is 2.75. The summed E-state index contributed by atoms with van der Waals surface area (Å²) in [5, 5.41) is 1.00. The largest absolute Gasteiger partial charge is 0.383 e. The molecule has 0 amide bonds. The number of hydrogen-bond donors (Lipinski definition) is 1. The van der Waals surface area contributed by atoms with E-state index in [0.29, 0.717) is 11.7 Å². The van der Waals surface area contributed by atoms with Crippen LogP contribution in [-0.4, -0.2) is 9.97 Å². The molecular formula is C15H17N3. The SMILES string of the molecule is CC1C=C(c2cccc3ncnc(N)c23)CCC1. The molecule has 1 aromatic carbocycles. The van der Waals surface area contributed by atoms with Gasteiger partial charge in [-0.3, -0.25) is 0 Å². The van der Waals surface area contributed by atoms with Crippen LogP contribution in [0.5, 0.6) is 0 Å². The van der Waals surface area contributed by atoms with Crippen molar-refractivity contribution in [2.75, 3.05) is 5.73 Å². The molecule has 0 saturated carbocycles. The second-order valence-electron chi connectivity index (χ2n) is 5.02. The van der Waals surface area contributed by atoms with E-state index in [1.54, 1.807) is 0 Å². The van der Waals surface area contributed by atoms with Crippen LogP contribution in [0.4, 0.5) is 5.82 Å². The van der Waals surface area contributed by atoms with Gasteiger partial charge >= 0.3 is 0 Å². The number of aromatic nitrogens is 2. The van der Waals surface area contributed by atoms with Gasteiger partial charge in [-0.25, -0.2) is 9.97 Å². The summed E-state index contributed by atoms with van der Waals surface area (Å²) in [5.74, 6) is 1.23. The Morgan fingerprint density at radius 3 is 3.00 bits per heavy atom. The van der Waals surface area contributed by atoms with E-state index >= 15 is 0 Å². The van der Waals surface area contributed by atoms with Gasteiger partial charge in [-0.15, -0.1) is 0 Å². The second kappa shape index (κ2) is 4.41. The zero-order chi connectivity index (χ0) is 12.5. The zero-order valence-corrected chi connectivity index (χ0v) is 10.6. The molecule has 0 bridgehead atoms. The number of hydrogen-bond acceptors (Lipinski definition) is 3. The fourth-order valence-corrected chi connectivity index (χ4v) is 2.75. The van der Waals surface area contributed by atoms with Gasteiger partial charge in [0, 0.05) is 5.39 Å². The Balaban J connectivity index is 2.23. The Bertz CT molecular complexity index is 611. The molecule has 0 fully saturated rings. The highest BCUT2D eigenvalue weighted by molar-refractivity contribution is 5.98. The third-order valence-electron chi connectivity index (χ3n) is 3.63. The van der Waals surface area contributed by atoms with Crippen LogP contribution in [0.1, 0.15) is 31.7 Å². The molecule has 1 aromatic heterocycles. The molecule has 3 nitrogen and oxygen atoms in total. The third-order valence-corrected chi connectivity index (χ3v) is 3.63. The lowest BCUT2D eigenvalue weighted by Gasteiger charge is -2.19. The van der Waals surface area contributed by atoms with Crippen molar-refractivity contribution in [3.8, 4) is 0 Å². The molecule has 2 N–H and O–H groups in total. The van der Waals surface area contributed by atoms with Crippen molar-refractivity contribution in [1.29, 1.82) is 0 Å². The maximum atomic E-state index is 6.02. The van der Waals surface area contributed by atoms with Crippen LogP contribution < -0.4 is 5.73 Å². The molecule has 3 heteroatoms. The van der Waals surface area contributed by atoms with E-state index in [-0.39, 0.29) is 0 Å². The summed E-state index contributed by atoms with van der Waals surface area (Å²) in [5.41, 5.74) is 9.55. The van der Waals surface area contributed by atoms with Crippen LogP contribution in [0.2, 0.25) is 0 Å². The smallest absolute Gasteiger partial charge is 0.135 e. The monoisotopic (exact) mass is 239 g/mol. The zero-order valence-electron chi connectivity index (χ0n) is 10.6. The lowest BCUT2D eigenvalue weighted by molar-refractivity contribution is 0.593. The Kier molecular flexibility index (Phi) is 2.74. The van der Waals surface area contributed by atoms with Crippen LogP contribution in [0.3, 0.4) is 0 Å². The lowest BCUT2D eigenvalue weighted by Crippen LogP contribution is -2.02. The summed E-state index contributed by atoms with van der Waals surface area (Å²) in [6.07, 6.45) is 7.54. The first-order valence-electron chi connectivity index (χ1n) is 6.46. The summed E-state index contributed by atoms with van der Waals surface area (Å²) in [6, 6.07) is 6.17. The van der Waals surface area contributed by atoms with Gasteiger partial charge < -0.3 is 5.73 Å². The summed E-state index contributed by atoms with van der Waals surface area (Å²) < 4.78 is 0. The first-order valence-corrected chi connectivity index (χ1v) is 6.46. The average Bonchev–Trinajstić information content (AvgIpc) is 2.38. The first kappa shape index (κ1) is 11.2. The minimum atomic E-state index is 0.578. The highest BCUT2D eigenvalue weighted by Gasteiger charge is 2.15. The Morgan fingerprint density at radius 1 is 1.28 bits per heavy atom. The number of anilines is 1. The van der Waals surface area contributed by atoms with Crippen molar-refractivity contribution in [2.45, 2.75) is 26.2 Å². The van der Waals surface area contributed by atoms with Gasteiger partial charge in [0.15, 0.2) is 0 Å². The maximum Gasteiger partial charge on any atom is 0.135 e. The maximum absolute atomic E-state index is 6.02. The van der Waals surface area contributed by atoms with Crippen molar-refractivity contribution < 1.29 is 0 Å². The summed E-state index contributed by atoms with van der Waals surface area (Å²) in [7, 11) is 0.